The van der Waals surface area contributed by atoms with Gasteiger partial charge in [0.05, 0.1) is 12.8 Å². The number of thiazole rings is 1. The average Bonchev–Trinajstić information content (AvgIpc) is 2.78. The Morgan fingerprint density at radius 1 is 1.56 bits per heavy atom. The molecule has 1 aromatic heterocycles. The summed E-state index contributed by atoms with van der Waals surface area (Å²) in [6.45, 7) is 8.99. The molecular weight excluding hydrogens is 248 g/mol. The summed E-state index contributed by atoms with van der Waals surface area (Å²) in [7, 11) is 1.41. The Balaban J connectivity index is 2.58. The molecular formula is C13H22N2O2S. The Morgan fingerprint density at radius 2 is 2.22 bits per heavy atom. The number of esters is 1. The first-order chi connectivity index (χ1) is 8.38. The van der Waals surface area contributed by atoms with E-state index in [4.69, 9.17) is 4.74 Å². The number of ether oxygens (including phenoxy) is 1. The van der Waals surface area contributed by atoms with Gasteiger partial charge in [0.2, 0.25) is 0 Å². The van der Waals surface area contributed by atoms with E-state index in [9.17, 15) is 4.79 Å². The molecule has 1 atom stereocenters. The van der Waals surface area contributed by atoms with Gasteiger partial charge in [0.1, 0.15) is 11.0 Å². The number of hydrogen-bond acceptors (Lipinski definition) is 5. The third-order valence-electron chi connectivity index (χ3n) is 2.71. The number of carbonyl (C=O) groups is 1. The minimum atomic E-state index is -0.253. The maximum absolute atomic E-state index is 11.4. The van der Waals surface area contributed by atoms with E-state index in [0.29, 0.717) is 13.0 Å². The fraction of sp³-hybridized carbons (Fsp3) is 0.692. The molecule has 0 aliphatic heterocycles. The molecule has 5 heteroatoms. The van der Waals surface area contributed by atoms with E-state index in [0.717, 1.165) is 10.7 Å². The minimum absolute atomic E-state index is 0.0707. The smallest absolute Gasteiger partial charge is 0.322 e. The second-order valence-electron chi connectivity index (χ2n) is 5.24. The molecule has 1 rings (SSSR count). The van der Waals surface area contributed by atoms with E-state index in [1.807, 2.05) is 6.92 Å². The van der Waals surface area contributed by atoms with Crippen molar-refractivity contribution in [1.82, 2.24) is 10.3 Å². The first-order valence-corrected chi connectivity index (χ1v) is 7.02. The van der Waals surface area contributed by atoms with Gasteiger partial charge in [-0.15, -0.1) is 11.3 Å². The van der Waals surface area contributed by atoms with Crippen LogP contribution in [0.4, 0.5) is 0 Å². The summed E-state index contributed by atoms with van der Waals surface area (Å²) in [6.07, 6.45) is 0.712. The second-order valence-corrected chi connectivity index (χ2v) is 6.18. The lowest BCUT2D eigenvalue weighted by atomic mass is 9.93. The van der Waals surface area contributed by atoms with E-state index in [-0.39, 0.29) is 17.4 Å². The maximum Gasteiger partial charge on any atom is 0.322 e. The maximum atomic E-state index is 11.4. The molecule has 0 radical (unpaired) electrons. The van der Waals surface area contributed by atoms with Gasteiger partial charge < -0.3 is 4.74 Å². The van der Waals surface area contributed by atoms with E-state index in [1.165, 1.54) is 7.11 Å². The summed E-state index contributed by atoms with van der Waals surface area (Å²) >= 11 is 1.62. The second kappa shape index (κ2) is 6.29. The Morgan fingerprint density at radius 3 is 2.67 bits per heavy atom. The van der Waals surface area contributed by atoms with Crippen LogP contribution in [0.25, 0.3) is 0 Å². The number of hydrogen-bond donors (Lipinski definition) is 1. The predicted molar refractivity (Wildman–Crippen MR) is 73.7 cm³/mol. The standard InChI is InChI=1S/C13H22N2O2S/c1-6-9(12(16)17-5)14-7-11-15-10(8-18-11)13(2,3)4/h8-9,14H,6-7H2,1-5H3. The molecule has 4 nitrogen and oxygen atoms in total. The van der Waals surface area contributed by atoms with Crippen LogP contribution in [0, 0.1) is 0 Å². The SMILES string of the molecule is CCC(NCc1nc(C(C)(C)C)cs1)C(=O)OC. The molecule has 102 valence electrons. The van der Waals surface area contributed by atoms with E-state index in [1.54, 1.807) is 11.3 Å². The summed E-state index contributed by atoms with van der Waals surface area (Å²) in [6, 6.07) is -0.253. The molecule has 0 bridgehead atoms. The Hall–Kier alpha value is -0.940. The molecule has 0 amide bonds. The summed E-state index contributed by atoms with van der Waals surface area (Å²) in [5, 5.41) is 6.26. The summed E-state index contributed by atoms with van der Waals surface area (Å²) in [5.74, 6) is -0.217. The van der Waals surface area contributed by atoms with Crippen LogP contribution in [0.1, 0.15) is 44.8 Å². The molecule has 18 heavy (non-hydrogen) atoms. The normalized spacial score (nSPS) is 13.4. The fourth-order valence-electron chi connectivity index (χ4n) is 1.48. The Labute approximate surface area is 113 Å². The van der Waals surface area contributed by atoms with Crippen LogP contribution in [0.5, 0.6) is 0 Å². The van der Waals surface area contributed by atoms with Gasteiger partial charge in [-0.3, -0.25) is 10.1 Å². The van der Waals surface area contributed by atoms with Crippen molar-refractivity contribution >= 4 is 17.3 Å². The molecule has 0 fully saturated rings. The Kier molecular flexibility index (Phi) is 5.28. The van der Waals surface area contributed by atoms with Gasteiger partial charge in [-0.05, 0) is 6.42 Å². The summed E-state index contributed by atoms with van der Waals surface area (Å²) in [5.41, 5.74) is 1.16. The zero-order valence-corrected chi connectivity index (χ0v) is 12.6. The molecule has 1 aromatic rings. The first kappa shape index (κ1) is 15.1. The highest BCUT2D eigenvalue weighted by molar-refractivity contribution is 7.09. The van der Waals surface area contributed by atoms with Crippen LogP contribution < -0.4 is 5.32 Å². The minimum Gasteiger partial charge on any atom is -0.468 e. The van der Waals surface area contributed by atoms with Gasteiger partial charge in [-0.1, -0.05) is 27.7 Å². The quantitative estimate of drug-likeness (QED) is 0.835. The van der Waals surface area contributed by atoms with Crippen LogP contribution in [0.2, 0.25) is 0 Å². The molecule has 0 saturated carbocycles. The van der Waals surface area contributed by atoms with Crippen molar-refractivity contribution in [3.8, 4) is 0 Å². The summed E-state index contributed by atoms with van der Waals surface area (Å²) < 4.78 is 4.73. The van der Waals surface area contributed by atoms with Crippen molar-refractivity contribution < 1.29 is 9.53 Å². The lowest BCUT2D eigenvalue weighted by Gasteiger charge is -2.15. The lowest BCUT2D eigenvalue weighted by molar-refractivity contribution is -0.143. The van der Waals surface area contributed by atoms with Gasteiger partial charge in [0.25, 0.3) is 0 Å². The average molecular weight is 270 g/mol. The van der Waals surface area contributed by atoms with Crippen LogP contribution in [-0.4, -0.2) is 24.1 Å². The van der Waals surface area contributed by atoms with Crippen molar-refractivity contribution in [2.45, 2.75) is 52.1 Å². The largest absolute Gasteiger partial charge is 0.468 e. The molecule has 0 aliphatic rings. The highest BCUT2D eigenvalue weighted by Gasteiger charge is 2.19. The monoisotopic (exact) mass is 270 g/mol. The van der Waals surface area contributed by atoms with Crippen LogP contribution in [-0.2, 0) is 21.5 Å². The number of aromatic nitrogens is 1. The lowest BCUT2D eigenvalue weighted by Crippen LogP contribution is -2.36. The highest BCUT2D eigenvalue weighted by atomic mass is 32.1. The number of nitrogens with zero attached hydrogens (tertiary/aromatic N) is 1. The van der Waals surface area contributed by atoms with E-state index < -0.39 is 0 Å². The zero-order chi connectivity index (χ0) is 13.8. The van der Waals surface area contributed by atoms with Crippen molar-refractivity contribution in [3.05, 3.63) is 16.1 Å². The topological polar surface area (TPSA) is 51.2 Å². The van der Waals surface area contributed by atoms with Crippen molar-refractivity contribution in [1.29, 1.82) is 0 Å². The highest BCUT2D eigenvalue weighted by Crippen LogP contribution is 2.23. The van der Waals surface area contributed by atoms with Gasteiger partial charge in [0.15, 0.2) is 0 Å². The molecule has 0 aromatic carbocycles. The van der Waals surface area contributed by atoms with Crippen LogP contribution in [0.15, 0.2) is 5.38 Å². The fourth-order valence-corrected chi connectivity index (χ4v) is 2.46. The molecule has 0 aliphatic carbocycles. The van der Waals surface area contributed by atoms with Crippen molar-refractivity contribution in [2.24, 2.45) is 0 Å². The van der Waals surface area contributed by atoms with Gasteiger partial charge in [0, 0.05) is 17.3 Å². The van der Waals surface area contributed by atoms with E-state index in [2.05, 4.69) is 36.5 Å². The first-order valence-electron chi connectivity index (χ1n) is 6.14. The van der Waals surface area contributed by atoms with Crippen molar-refractivity contribution in [3.63, 3.8) is 0 Å². The molecule has 1 N–H and O–H groups in total. The molecule has 1 heterocycles. The van der Waals surface area contributed by atoms with Gasteiger partial charge in [-0.25, -0.2) is 4.98 Å². The molecule has 0 spiro atoms. The number of rotatable bonds is 5. The third-order valence-corrected chi connectivity index (χ3v) is 3.56. The Bertz CT molecular complexity index is 396. The van der Waals surface area contributed by atoms with Crippen molar-refractivity contribution in [2.75, 3.05) is 7.11 Å². The van der Waals surface area contributed by atoms with Crippen LogP contribution in [0.3, 0.4) is 0 Å². The number of methoxy groups -OCH3 is 1. The predicted octanol–water partition coefficient (Wildman–Crippen LogP) is 2.48. The van der Waals surface area contributed by atoms with Gasteiger partial charge in [-0.2, -0.15) is 0 Å². The zero-order valence-electron chi connectivity index (χ0n) is 11.7. The van der Waals surface area contributed by atoms with E-state index >= 15 is 0 Å². The van der Waals surface area contributed by atoms with Gasteiger partial charge >= 0.3 is 5.97 Å². The molecule has 0 saturated heterocycles. The molecule has 1 unspecified atom stereocenters. The number of nitrogens with one attached hydrogen (secondary N) is 1. The third kappa shape index (κ3) is 4.07. The van der Waals surface area contributed by atoms with Crippen LogP contribution >= 0.6 is 11.3 Å². The summed E-state index contributed by atoms with van der Waals surface area (Å²) in [4.78, 5) is 16.0. The number of carbonyl (C=O) groups excluding carboxylic acids is 1.